The van der Waals surface area contributed by atoms with E-state index < -0.39 is 0 Å². The number of ether oxygens (including phenoxy) is 1. The summed E-state index contributed by atoms with van der Waals surface area (Å²) < 4.78 is 5.43. The van der Waals surface area contributed by atoms with Gasteiger partial charge < -0.3 is 35.5 Å². The van der Waals surface area contributed by atoms with Gasteiger partial charge in [-0.25, -0.2) is 4.79 Å². The summed E-state index contributed by atoms with van der Waals surface area (Å²) in [7, 11) is 2.08. The van der Waals surface area contributed by atoms with E-state index in [0.29, 0.717) is 29.7 Å². The molecule has 4 heterocycles. The van der Waals surface area contributed by atoms with Gasteiger partial charge in [-0.2, -0.15) is 0 Å². The third kappa shape index (κ3) is 6.04. The molecule has 4 rings (SSSR count). The molecule has 0 aliphatic carbocycles. The Morgan fingerprint density at radius 1 is 1.00 bits per heavy atom. The number of piperidine rings is 1. The second-order valence-electron chi connectivity index (χ2n) is 9.32. The van der Waals surface area contributed by atoms with Crippen molar-refractivity contribution in [2.75, 3.05) is 64.8 Å². The van der Waals surface area contributed by atoms with Crippen molar-refractivity contribution in [3.05, 3.63) is 16.5 Å². The molecule has 3 amide bonds. The number of urea groups is 1. The standard InChI is InChI=1S/C23H36N6O3S/c1-16(24)19-15-20(33-22(19)26-18-5-13-32-14-6-18)21(30)25-17-3-7-28(8-4-17)23(31)29-11-9-27(2)10-12-29/h15,17-18,24,26H,3-14H2,1-2H3,(H,25,30). The highest BCUT2D eigenvalue weighted by Crippen LogP contribution is 2.31. The van der Waals surface area contributed by atoms with Crippen LogP contribution in [0.4, 0.5) is 9.80 Å². The van der Waals surface area contributed by atoms with Gasteiger partial charge in [-0.15, -0.1) is 11.3 Å². The summed E-state index contributed by atoms with van der Waals surface area (Å²) >= 11 is 1.42. The molecule has 0 saturated carbocycles. The van der Waals surface area contributed by atoms with Crippen LogP contribution in [0.2, 0.25) is 0 Å². The fraction of sp³-hybridized carbons (Fsp3) is 0.696. The molecule has 3 fully saturated rings. The average molecular weight is 477 g/mol. The lowest BCUT2D eigenvalue weighted by molar-refractivity contribution is 0.0900. The number of thiophene rings is 1. The van der Waals surface area contributed by atoms with Crippen LogP contribution < -0.4 is 10.6 Å². The van der Waals surface area contributed by atoms with E-state index in [1.165, 1.54) is 11.3 Å². The van der Waals surface area contributed by atoms with E-state index in [-0.39, 0.29) is 18.0 Å². The molecule has 3 N–H and O–H groups in total. The first-order chi connectivity index (χ1) is 15.9. The number of hydrogen-bond donors (Lipinski definition) is 3. The predicted molar refractivity (Wildman–Crippen MR) is 131 cm³/mol. The maximum Gasteiger partial charge on any atom is 0.320 e. The number of piperazine rings is 1. The largest absolute Gasteiger partial charge is 0.381 e. The van der Waals surface area contributed by atoms with E-state index in [0.717, 1.165) is 75.6 Å². The number of amides is 3. The van der Waals surface area contributed by atoms with Crippen LogP contribution in [0.5, 0.6) is 0 Å². The van der Waals surface area contributed by atoms with E-state index in [4.69, 9.17) is 10.1 Å². The highest BCUT2D eigenvalue weighted by molar-refractivity contribution is 7.18. The van der Waals surface area contributed by atoms with Gasteiger partial charge in [0.25, 0.3) is 5.91 Å². The maximum atomic E-state index is 13.0. The number of hydrogen-bond acceptors (Lipinski definition) is 7. The molecule has 3 aliphatic rings. The monoisotopic (exact) mass is 476 g/mol. The normalized spacial score (nSPS) is 21.2. The average Bonchev–Trinajstić information content (AvgIpc) is 3.24. The fourth-order valence-electron chi connectivity index (χ4n) is 4.59. The second-order valence-corrected chi connectivity index (χ2v) is 10.4. The molecule has 0 spiro atoms. The molecule has 9 nitrogen and oxygen atoms in total. The zero-order valence-electron chi connectivity index (χ0n) is 19.7. The topological polar surface area (TPSA) is 101 Å². The van der Waals surface area contributed by atoms with Gasteiger partial charge >= 0.3 is 6.03 Å². The molecule has 0 radical (unpaired) electrons. The molecule has 182 valence electrons. The first-order valence-corrected chi connectivity index (χ1v) is 12.8. The van der Waals surface area contributed by atoms with Crippen LogP contribution in [0.15, 0.2) is 6.07 Å². The van der Waals surface area contributed by atoms with Crippen molar-refractivity contribution in [2.45, 2.75) is 44.7 Å². The third-order valence-corrected chi connectivity index (χ3v) is 7.86. The fourth-order valence-corrected chi connectivity index (χ4v) is 5.68. The van der Waals surface area contributed by atoms with Crippen molar-refractivity contribution in [2.24, 2.45) is 0 Å². The van der Waals surface area contributed by atoms with Crippen molar-refractivity contribution in [1.29, 1.82) is 5.41 Å². The zero-order valence-corrected chi connectivity index (χ0v) is 20.5. The molecule has 33 heavy (non-hydrogen) atoms. The molecule has 3 aliphatic heterocycles. The van der Waals surface area contributed by atoms with E-state index in [1.54, 1.807) is 6.92 Å². The maximum absolute atomic E-state index is 13.0. The molecule has 0 aromatic carbocycles. The summed E-state index contributed by atoms with van der Waals surface area (Å²) in [4.78, 5) is 32.5. The summed E-state index contributed by atoms with van der Waals surface area (Å²) in [5.41, 5.74) is 1.25. The minimum absolute atomic E-state index is 0.0626. The minimum Gasteiger partial charge on any atom is -0.381 e. The Morgan fingerprint density at radius 2 is 1.64 bits per heavy atom. The Morgan fingerprint density at radius 3 is 2.27 bits per heavy atom. The SMILES string of the molecule is CC(=N)c1cc(C(=O)NC2CCN(C(=O)N3CCN(C)CC3)CC2)sc1NC1CCOCC1. The smallest absolute Gasteiger partial charge is 0.320 e. The third-order valence-electron chi connectivity index (χ3n) is 6.79. The first-order valence-electron chi connectivity index (χ1n) is 12.0. The molecule has 1 aromatic rings. The van der Waals surface area contributed by atoms with E-state index in [9.17, 15) is 9.59 Å². The van der Waals surface area contributed by atoms with Crippen LogP contribution in [0.25, 0.3) is 0 Å². The van der Waals surface area contributed by atoms with Crippen molar-refractivity contribution in [3.63, 3.8) is 0 Å². The molecule has 3 saturated heterocycles. The van der Waals surface area contributed by atoms with Gasteiger partial charge in [0, 0.05) is 75.8 Å². The lowest BCUT2D eigenvalue weighted by atomic mass is 10.0. The highest BCUT2D eigenvalue weighted by atomic mass is 32.1. The number of likely N-dealkylation sites (tertiary alicyclic amines) is 1. The van der Waals surface area contributed by atoms with Crippen LogP contribution in [-0.4, -0.2) is 104 Å². The van der Waals surface area contributed by atoms with Crippen molar-refractivity contribution >= 4 is 34.0 Å². The highest BCUT2D eigenvalue weighted by Gasteiger charge is 2.29. The Kier molecular flexibility index (Phi) is 7.87. The molecule has 1 aromatic heterocycles. The number of likely N-dealkylation sites (N-methyl/N-ethyl adjacent to an activating group) is 1. The summed E-state index contributed by atoms with van der Waals surface area (Å²) in [5, 5.41) is 15.7. The summed E-state index contributed by atoms with van der Waals surface area (Å²) in [6.07, 6.45) is 3.39. The number of nitrogens with zero attached hydrogens (tertiary/aromatic N) is 3. The van der Waals surface area contributed by atoms with Crippen molar-refractivity contribution in [3.8, 4) is 0 Å². The first kappa shape index (κ1) is 24.0. The van der Waals surface area contributed by atoms with Crippen LogP contribution in [0, 0.1) is 5.41 Å². The Labute approximate surface area is 199 Å². The Bertz CT molecular complexity index is 852. The summed E-state index contributed by atoms with van der Waals surface area (Å²) in [5.74, 6) is -0.0913. The second kappa shape index (κ2) is 10.8. The zero-order chi connectivity index (χ0) is 23.4. The van der Waals surface area contributed by atoms with E-state index >= 15 is 0 Å². The molecule has 0 bridgehead atoms. The Hall–Kier alpha value is -2.17. The number of carbonyl (C=O) groups excluding carboxylic acids is 2. The number of anilines is 1. The van der Waals surface area contributed by atoms with Gasteiger partial charge in [-0.3, -0.25) is 4.79 Å². The lowest BCUT2D eigenvalue weighted by Gasteiger charge is -2.39. The summed E-state index contributed by atoms with van der Waals surface area (Å²) in [6, 6.07) is 2.33. The van der Waals surface area contributed by atoms with Crippen LogP contribution >= 0.6 is 11.3 Å². The van der Waals surface area contributed by atoms with Crippen LogP contribution in [0.3, 0.4) is 0 Å². The van der Waals surface area contributed by atoms with Crippen LogP contribution in [-0.2, 0) is 4.74 Å². The van der Waals surface area contributed by atoms with Gasteiger partial charge in [-0.05, 0) is 45.7 Å². The van der Waals surface area contributed by atoms with Crippen LogP contribution in [0.1, 0.15) is 47.8 Å². The molecule has 0 atom stereocenters. The van der Waals surface area contributed by atoms with E-state index in [1.807, 2.05) is 15.9 Å². The van der Waals surface area contributed by atoms with Gasteiger partial charge in [0.15, 0.2) is 0 Å². The molecular formula is C23H36N6O3S. The van der Waals surface area contributed by atoms with Gasteiger partial charge in [-0.1, -0.05) is 0 Å². The molecular weight excluding hydrogens is 440 g/mol. The molecule has 10 heteroatoms. The number of carbonyl (C=O) groups is 2. The lowest BCUT2D eigenvalue weighted by Crippen LogP contribution is -2.54. The predicted octanol–water partition coefficient (Wildman–Crippen LogP) is 2.29. The molecule has 0 unspecified atom stereocenters. The Balaban J connectivity index is 1.30. The number of rotatable bonds is 5. The van der Waals surface area contributed by atoms with Crippen molar-refractivity contribution < 1.29 is 14.3 Å². The minimum atomic E-state index is -0.0913. The van der Waals surface area contributed by atoms with E-state index in [2.05, 4.69) is 22.6 Å². The van der Waals surface area contributed by atoms with Gasteiger partial charge in [0.2, 0.25) is 0 Å². The summed E-state index contributed by atoms with van der Waals surface area (Å²) in [6.45, 7) is 7.97. The number of nitrogens with one attached hydrogen (secondary N) is 3. The quantitative estimate of drug-likeness (QED) is 0.566. The van der Waals surface area contributed by atoms with Crippen molar-refractivity contribution in [1.82, 2.24) is 20.0 Å². The van der Waals surface area contributed by atoms with Gasteiger partial charge in [0.1, 0.15) is 0 Å². The van der Waals surface area contributed by atoms with Gasteiger partial charge in [0.05, 0.1) is 9.88 Å².